The van der Waals surface area contributed by atoms with Crippen LogP contribution >= 0.6 is 0 Å². The van der Waals surface area contributed by atoms with Crippen LogP contribution < -0.4 is 5.69 Å². The molecular formula is C14H22N2O4. The Hall–Kier alpha value is -1.85. The summed E-state index contributed by atoms with van der Waals surface area (Å²) >= 11 is 0. The van der Waals surface area contributed by atoms with E-state index in [2.05, 4.69) is 0 Å². The number of aromatic nitrogens is 2. The molecule has 1 heterocycles. The summed E-state index contributed by atoms with van der Waals surface area (Å²) in [6.45, 7) is 7.40. The number of aryl methyl sites for hydroxylation is 1. The smallest absolute Gasteiger partial charge is 0.328 e. The van der Waals surface area contributed by atoms with Crippen LogP contribution in [0, 0.1) is 5.41 Å². The first-order chi connectivity index (χ1) is 9.34. The van der Waals surface area contributed by atoms with E-state index in [1.165, 1.54) is 18.4 Å². The van der Waals surface area contributed by atoms with E-state index in [1.54, 1.807) is 23.9 Å². The average molecular weight is 282 g/mol. The number of carbonyl (C=O) groups excluding carboxylic acids is 2. The molecule has 0 aliphatic heterocycles. The van der Waals surface area contributed by atoms with Crippen molar-refractivity contribution >= 4 is 11.8 Å². The standard InChI is InChI=1S/C14H22N2O4/c1-5-7-15-8-9-16(13(15)19)10-11(17)14(3,4)12(18)20-6-2/h8-9H,5-7,10H2,1-4H3. The fourth-order valence-corrected chi connectivity index (χ4v) is 1.76. The van der Waals surface area contributed by atoms with E-state index in [1.807, 2.05) is 6.92 Å². The van der Waals surface area contributed by atoms with Crippen LogP contribution in [0.1, 0.15) is 34.1 Å². The number of carbonyl (C=O) groups is 2. The van der Waals surface area contributed by atoms with Gasteiger partial charge in [-0.25, -0.2) is 4.79 Å². The fourth-order valence-electron chi connectivity index (χ4n) is 1.76. The lowest BCUT2D eigenvalue weighted by atomic mass is 9.88. The number of hydrogen-bond donors (Lipinski definition) is 0. The van der Waals surface area contributed by atoms with Gasteiger partial charge in [-0.1, -0.05) is 6.92 Å². The third-order valence-electron chi connectivity index (χ3n) is 3.18. The minimum atomic E-state index is -1.25. The predicted octanol–water partition coefficient (Wildman–Crippen LogP) is 1.22. The number of esters is 1. The molecule has 0 saturated heterocycles. The zero-order chi connectivity index (χ0) is 15.3. The first-order valence-electron chi connectivity index (χ1n) is 6.80. The zero-order valence-electron chi connectivity index (χ0n) is 12.5. The zero-order valence-corrected chi connectivity index (χ0v) is 12.5. The predicted molar refractivity (Wildman–Crippen MR) is 74.4 cm³/mol. The van der Waals surface area contributed by atoms with Crippen LogP contribution in [-0.2, 0) is 27.4 Å². The molecule has 0 spiro atoms. The molecule has 0 aromatic carbocycles. The van der Waals surface area contributed by atoms with Gasteiger partial charge in [0.2, 0.25) is 0 Å². The minimum Gasteiger partial charge on any atom is -0.465 e. The molecule has 0 amide bonds. The van der Waals surface area contributed by atoms with Crippen molar-refractivity contribution in [2.45, 2.75) is 47.2 Å². The highest BCUT2D eigenvalue weighted by Crippen LogP contribution is 2.19. The van der Waals surface area contributed by atoms with Crippen molar-refractivity contribution in [3.63, 3.8) is 0 Å². The summed E-state index contributed by atoms with van der Waals surface area (Å²) < 4.78 is 7.75. The largest absolute Gasteiger partial charge is 0.465 e. The lowest BCUT2D eigenvalue weighted by Crippen LogP contribution is -2.39. The van der Waals surface area contributed by atoms with Gasteiger partial charge in [0, 0.05) is 18.9 Å². The molecule has 0 radical (unpaired) electrons. The Morgan fingerprint density at radius 3 is 2.35 bits per heavy atom. The Kier molecular flexibility index (Phi) is 5.30. The molecule has 6 heteroatoms. The molecule has 20 heavy (non-hydrogen) atoms. The normalized spacial score (nSPS) is 11.4. The van der Waals surface area contributed by atoms with Crippen molar-refractivity contribution in [1.82, 2.24) is 9.13 Å². The summed E-state index contributed by atoms with van der Waals surface area (Å²) in [5.74, 6) is -0.904. The van der Waals surface area contributed by atoms with Crippen molar-refractivity contribution in [2.75, 3.05) is 6.61 Å². The third kappa shape index (κ3) is 3.37. The second-order valence-corrected chi connectivity index (χ2v) is 5.17. The van der Waals surface area contributed by atoms with E-state index in [9.17, 15) is 14.4 Å². The van der Waals surface area contributed by atoms with E-state index >= 15 is 0 Å². The molecule has 0 aliphatic carbocycles. The Morgan fingerprint density at radius 2 is 1.80 bits per heavy atom. The fraction of sp³-hybridized carbons (Fsp3) is 0.643. The number of ketones is 1. The minimum absolute atomic E-state index is 0.124. The molecule has 1 rings (SSSR count). The summed E-state index contributed by atoms with van der Waals surface area (Å²) in [4.78, 5) is 35.9. The molecule has 112 valence electrons. The Balaban J connectivity index is 2.85. The summed E-state index contributed by atoms with van der Waals surface area (Å²) in [6, 6.07) is 0. The third-order valence-corrected chi connectivity index (χ3v) is 3.18. The van der Waals surface area contributed by atoms with E-state index in [4.69, 9.17) is 4.74 Å². The van der Waals surface area contributed by atoms with Crippen LogP contribution in [0.25, 0.3) is 0 Å². The van der Waals surface area contributed by atoms with Crippen molar-refractivity contribution in [1.29, 1.82) is 0 Å². The van der Waals surface area contributed by atoms with Gasteiger partial charge in [-0.05, 0) is 27.2 Å². The number of ether oxygens (including phenoxy) is 1. The molecule has 0 unspecified atom stereocenters. The Bertz CT molecular complexity index is 540. The first kappa shape index (κ1) is 16.2. The second kappa shape index (κ2) is 6.54. The maximum atomic E-state index is 12.2. The van der Waals surface area contributed by atoms with Crippen LogP contribution in [0.5, 0.6) is 0 Å². The van der Waals surface area contributed by atoms with Crippen LogP contribution in [0.15, 0.2) is 17.2 Å². The number of imidazole rings is 1. The lowest BCUT2D eigenvalue weighted by molar-refractivity contribution is -0.158. The van der Waals surface area contributed by atoms with Crippen molar-refractivity contribution in [3.8, 4) is 0 Å². The SMILES string of the molecule is CCCn1ccn(CC(=O)C(C)(C)C(=O)OCC)c1=O. The number of nitrogens with zero attached hydrogens (tertiary/aromatic N) is 2. The van der Waals surface area contributed by atoms with Gasteiger partial charge >= 0.3 is 11.7 Å². The number of hydrogen-bond acceptors (Lipinski definition) is 4. The average Bonchev–Trinajstić information content (AvgIpc) is 2.72. The van der Waals surface area contributed by atoms with Gasteiger partial charge in [0.25, 0.3) is 0 Å². The maximum absolute atomic E-state index is 12.2. The highest BCUT2D eigenvalue weighted by atomic mass is 16.5. The molecule has 0 N–H and O–H groups in total. The van der Waals surface area contributed by atoms with E-state index < -0.39 is 11.4 Å². The maximum Gasteiger partial charge on any atom is 0.328 e. The Morgan fingerprint density at radius 1 is 1.20 bits per heavy atom. The van der Waals surface area contributed by atoms with Gasteiger partial charge in [0.05, 0.1) is 13.2 Å². The molecular weight excluding hydrogens is 260 g/mol. The Labute approximate surface area is 118 Å². The molecule has 1 aromatic rings. The summed E-state index contributed by atoms with van der Waals surface area (Å²) in [6.07, 6.45) is 4.06. The monoisotopic (exact) mass is 282 g/mol. The van der Waals surface area contributed by atoms with Crippen LogP contribution in [0.4, 0.5) is 0 Å². The van der Waals surface area contributed by atoms with Crippen LogP contribution in [0.3, 0.4) is 0 Å². The van der Waals surface area contributed by atoms with Gasteiger partial charge in [0.15, 0.2) is 5.78 Å². The number of Topliss-reactive ketones (excluding diaryl/α,β-unsaturated/α-hetero) is 1. The van der Waals surface area contributed by atoms with Gasteiger partial charge in [-0.15, -0.1) is 0 Å². The van der Waals surface area contributed by atoms with E-state index in [0.717, 1.165) is 6.42 Å². The van der Waals surface area contributed by atoms with Crippen molar-refractivity contribution in [3.05, 3.63) is 22.9 Å². The van der Waals surface area contributed by atoms with Crippen LogP contribution in [-0.4, -0.2) is 27.5 Å². The molecule has 0 fully saturated rings. The topological polar surface area (TPSA) is 70.3 Å². The van der Waals surface area contributed by atoms with Gasteiger partial charge in [-0.3, -0.25) is 18.7 Å². The van der Waals surface area contributed by atoms with Crippen molar-refractivity contribution < 1.29 is 14.3 Å². The molecule has 0 saturated carbocycles. The van der Waals surface area contributed by atoms with Gasteiger partial charge < -0.3 is 4.74 Å². The molecule has 1 aromatic heterocycles. The van der Waals surface area contributed by atoms with Crippen LogP contribution in [0.2, 0.25) is 0 Å². The summed E-state index contributed by atoms with van der Waals surface area (Å²) in [5.41, 5.74) is -1.48. The molecule has 6 nitrogen and oxygen atoms in total. The second-order valence-electron chi connectivity index (χ2n) is 5.17. The molecule has 0 atom stereocenters. The lowest BCUT2D eigenvalue weighted by Gasteiger charge is -2.20. The summed E-state index contributed by atoms with van der Waals surface area (Å²) in [5, 5.41) is 0. The van der Waals surface area contributed by atoms with Crippen molar-refractivity contribution in [2.24, 2.45) is 5.41 Å². The highest BCUT2D eigenvalue weighted by molar-refractivity contribution is 6.02. The number of rotatable bonds is 7. The van der Waals surface area contributed by atoms with Gasteiger partial charge in [0.1, 0.15) is 5.41 Å². The summed E-state index contributed by atoms with van der Waals surface area (Å²) in [7, 11) is 0. The van der Waals surface area contributed by atoms with E-state index in [-0.39, 0.29) is 24.6 Å². The highest BCUT2D eigenvalue weighted by Gasteiger charge is 2.37. The molecule has 0 bridgehead atoms. The van der Waals surface area contributed by atoms with Gasteiger partial charge in [-0.2, -0.15) is 0 Å². The van der Waals surface area contributed by atoms with E-state index in [0.29, 0.717) is 6.54 Å². The molecule has 0 aliphatic rings. The quantitative estimate of drug-likeness (QED) is 0.557. The first-order valence-corrected chi connectivity index (χ1v) is 6.80.